The lowest BCUT2D eigenvalue weighted by Crippen LogP contribution is -2.52. The number of carbonyl (C=O) groups excluding carboxylic acids is 2. The zero-order valence-corrected chi connectivity index (χ0v) is 15.4. The van der Waals surface area contributed by atoms with E-state index in [4.69, 9.17) is 0 Å². The number of aryl methyl sites for hydroxylation is 1. The third kappa shape index (κ3) is 3.40. The Morgan fingerprint density at radius 1 is 1.15 bits per heavy atom. The molecular weight excluding hydrogens is 352 g/mol. The van der Waals surface area contributed by atoms with E-state index in [1.54, 1.807) is 18.2 Å². The van der Waals surface area contributed by atoms with Gasteiger partial charge in [-0.15, -0.1) is 0 Å². The number of Topliss-reactive ketones (excluding diaryl/α,β-unsaturated/α-hetero) is 1. The summed E-state index contributed by atoms with van der Waals surface area (Å²) in [5.41, 5.74) is 1.88. The van der Waals surface area contributed by atoms with Gasteiger partial charge in [-0.25, -0.2) is 8.42 Å². The van der Waals surface area contributed by atoms with Crippen molar-refractivity contribution in [3.05, 3.63) is 65.2 Å². The van der Waals surface area contributed by atoms with Crippen LogP contribution in [0.2, 0.25) is 0 Å². The van der Waals surface area contributed by atoms with Crippen LogP contribution < -0.4 is 5.32 Å². The van der Waals surface area contributed by atoms with Gasteiger partial charge in [0.05, 0.1) is 4.90 Å². The highest BCUT2D eigenvalue weighted by atomic mass is 32.2. The molecule has 1 aliphatic heterocycles. The van der Waals surface area contributed by atoms with Crippen LogP contribution in [0.3, 0.4) is 0 Å². The van der Waals surface area contributed by atoms with E-state index in [-0.39, 0.29) is 29.7 Å². The van der Waals surface area contributed by atoms with Crippen LogP contribution in [0.5, 0.6) is 0 Å². The lowest BCUT2D eigenvalue weighted by molar-refractivity contribution is -0.126. The van der Waals surface area contributed by atoms with E-state index in [1.165, 1.54) is 29.4 Å². The van der Waals surface area contributed by atoms with Crippen molar-refractivity contribution in [2.24, 2.45) is 0 Å². The SMILES string of the molecule is CC(=O)c1cccc(S(=O)(=O)N2CCNC(=O)C2c2cccc(C)c2)c1. The molecule has 0 radical (unpaired) electrons. The first-order valence-corrected chi connectivity index (χ1v) is 9.72. The fourth-order valence-electron chi connectivity index (χ4n) is 3.07. The predicted molar refractivity (Wildman–Crippen MR) is 97.3 cm³/mol. The highest BCUT2D eigenvalue weighted by molar-refractivity contribution is 7.89. The maximum atomic E-state index is 13.2. The van der Waals surface area contributed by atoms with Gasteiger partial charge in [0.1, 0.15) is 6.04 Å². The summed E-state index contributed by atoms with van der Waals surface area (Å²) in [6.07, 6.45) is 0. The first-order valence-electron chi connectivity index (χ1n) is 8.28. The molecule has 0 bridgehead atoms. The summed E-state index contributed by atoms with van der Waals surface area (Å²) < 4.78 is 27.6. The standard InChI is InChI=1S/C19H20N2O4S/c1-13-5-3-7-16(11-13)18-19(23)20-9-10-21(18)26(24,25)17-8-4-6-15(12-17)14(2)22/h3-8,11-12,18H,9-10H2,1-2H3,(H,20,23). The van der Waals surface area contributed by atoms with Gasteiger partial charge in [0.25, 0.3) is 0 Å². The maximum absolute atomic E-state index is 13.2. The van der Waals surface area contributed by atoms with Gasteiger partial charge in [-0.1, -0.05) is 42.0 Å². The van der Waals surface area contributed by atoms with E-state index in [1.807, 2.05) is 19.1 Å². The number of nitrogens with zero attached hydrogens (tertiary/aromatic N) is 1. The molecule has 0 spiro atoms. The van der Waals surface area contributed by atoms with Gasteiger partial charge < -0.3 is 5.32 Å². The van der Waals surface area contributed by atoms with Crippen molar-refractivity contribution in [2.45, 2.75) is 24.8 Å². The van der Waals surface area contributed by atoms with Gasteiger partial charge in [-0.2, -0.15) is 4.31 Å². The molecule has 1 N–H and O–H groups in total. The molecule has 2 aromatic rings. The molecule has 136 valence electrons. The minimum atomic E-state index is -3.94. The van der Waals surface area contributed by atoms with Gasteiger partial charge in [-0.3, -0.25) is 9.59 Å². The van der Waals surface area contributed by atoms with Crippen LogP contribution in [0, 0.1) is 6.92 Å². The molecule has 1 fully saturated rings. The van der Waals surface area contributed by atoms with Crippen molar-refractivity contribution < 1.29 is 18.0 Å². The lowest BCUT2D eigenvalue weighted by atomic mass is 10.0. The van der Waals surface area contributed by atoms with Crippen molar-refractivity contribution in [3.63, 3.8) is 0 Å². The van der Waals surface area contributed by atoms with E-state index < -0.39 is 16.1 Å². The Morgan fingerprint density at radius 2 is 1.88 bits per heavy atom. The number of piperazine rings is 1. The minimum Gasteiger partial charge on any atom is -0.353 e. The van der Waals surface area contributed by atoms with Crippen LogP contribution in [0.25, 0.3) is 0 Å². The Hall–Kier alpha value is -2.51. The summed E-state index contributed by atoms with van der Waals surface area (Å²) in [6, 6.07) is 12.2. The number of hydrogen-bond donors (Lipinski definition) is 1. The largest absolute Gasteiger partial charge is 0.353 e. The molecule has 0 aliphatic carbocycles. The molecule has 1 amide bonds. The summed E-state index contributed by atoms with van der Waals surface area (Å²) in [5.74, 6) is -0.568. The molecule has 6 nitrogen and oxygen atoms in total. The summed E-state index contributed by atoms with van der Waals surface area (Å²) in [4.78, 5) is 24.1. The fourth-order valence-corrected chi connectivity index (χ4v) is 4.70. The summed E-state index contributed by atoms with van der Waals surface area (Å²) in [7, 11) is -3.94. The van der Waals surface area contributed by atoms with Crippen LogP contribution in [-0.4, -0.2) is 37.5 Å². The first-order chi connectivity index (χ1) is 12.3. The zero-order valence-electron chi connectivity index (χ0n) is 14.6. The predicted octanol–water partition coefficient (Wildman–Crippen LogP) is 2.06. The molecule has 2 aromatic carbocycles. The number of rotatable bonds is 4. The molecule has 1 unspecified atom stereocenters. The van der Waals surface area contributed by atoms with Crippen LogP contribution in [0.15, 0.2) is 53.4 Å². The van der Waals surface area contributed by atoms with E-state index >= 15 is 0 Å². The fraction of sp³-hybridized carbons (Fsp3) is 0.263. The second-order valence-corrected chi connectivity index (χ2v) is 8.20. The molecule has 26 heavy (non-hydrogen) atoms. The third-order valence-corrected chi connectivity index (χ3v) is 6.23. The van der Waals surface area contributed by atoms with Crippen LogP contribution >= 0.6 is 0 Å². The Morgan fingerprint density at radius 3 is 2.58 bits per heavy atom. The van der Waals surface area contributed by atoms with E-state index in [0.29, 0.717) is 11.1 Å². The topological polar surface area (TPSA) is 83.6 Å². The number of ketones is 1. The van der Waals surface area contributed by atoms with Gasteiger partial charge >= 0.3 is 0 Å². The highest BCUT2D eigenvalue weighted by Gasteiger charge is 2.39. The van der Waals surface area contributed by atoms with Crippen molar-refractivity contribution >= 4 is 21.7 Å². The van der Waals surface area contributed by atoms with E-state index in [0.717, 1.165) is 5.56 Å². The molecule has 0 aromatic heterocycles. The summed E-state index contributed by atoms with van der Waals surface area (Å²) in [6.45, 7) is 3.68. The number of amides is 1. The van der Waals surface area contributed by atoms with Crippen LogP contribution in [0.4, 0.5) is 0 Å². The molecule has 1 heterocycles. The Bertz CT molecular complexity index is 969. The Kier molecular flexibility index (Phi) is 4.93. The number of hydrogen-bond acceptors (Lipinski definition) is 4. The lowest BCUT2D eigenvalue weighted by Gasteiger charge is -2.34. The quantitative estimate of drug-likeness (QED) is 0.833. The Balaban J connectivity index is 2.08. The molecule has 3 rings (SSSR count). The first kappa shape index (κ1) is 18.3. The second kappa shape index (κ2) is 7.01. The normalized spacial score (nSPS) is 18.4. The summed E-state index contributed by atoms with van der Waals surface area (Å²) >= 11 is 0. The minimum absolute atomic E-state index is 0.0116. The molecule has 0 saturated carbocycles. The van der Waals surface area contributed by atoms with Gasteiger partial charge in [-0.05, 0) is 31.5 Å². The average Bonchev–Trinajstić information content (AvgIpc) is 2.61. The second-order valence-electron chi connectivity index (χ2n) is 6.31. The molecule has 1 aliphatic rings. The van der Waals surface area contributed by atoms with Crippen LogP contribution in [-0.2, 0) is 14.8 Å². The average molecular weight is 372 g/mol. The monoisotopic (exact) mass is 372 g/mol. The molecule has 7 heteroatoms. The van der Waals surface area contributed by atoms with E-state index in [2.05, 4.69) is 5.32 Å². The van der Waals surface area contributed by atoms with Crippen molar-refractivity contribution in [2.75, 3.05) is 13.1 Å². The van der Waals surface area contributed by atoms with Gasteiger partial charge in [0.2, 0.25) is 15.9 Å². The van der Waals surface area contributed by atoms with Crippen molar-refractivity contribution in [3.8, 4) is 0 Å². The number of carbonyl (C=O) groups is 2. The maximum Gasteiger partial charge on any atom is 0.244 e. The van der Waals surface area contributed by atoms with E-state index in [9.17, 15) is 18.0 Å². The Labute approximate surface area is 152 Å². The van der Waals surface area contributed by atoms with Crippen molar-refractivity contribution in [1.82, 2.24) is 9.62 Å². The number of nitrogens with one attached hydrogen (secondary N) is 1. The highest BCUT2D eigenvalue weighted by Crippen LogP contribution is 2.30. The van der Waals surface area contributed by atoms with Gasteiger partial charge in [0, 0.05) is 18.7 Å². The number of sulfonamides is 1. The summed E-state index contributed by atoms with van der Waals surface area (Å²) in [5, 5.41) is 2.73. The molecular formula is C19H20N2O4S. The zero-order chi connectivity index (χ0) is 18.9. The third-order valence-electron chi connectivity index (χ3n) is 4.37. The van der Waals surface area contributed by atoms with Crippen LogP contribution in [0.1, 0.15) is 34.5 Å². The molecule has 1 atom stereocenters. The van der Waals surface area contributed by atoms with Crippen molar-refractivity contribution in [1.29, 1.82) is 0 Å². The number of benzene rings is 2. The molecule has 1 saturated heterocycles. The van der Waals surface area contributed by atoms with Gasteiger partial charge in [0.15, 0.2) is 5.78 Å². The smallest absolute Gasteiger partial charge is 0.244 e.